The average Bonchev–Trinajstić information content (AvgIpc) is 2.44. The lowest BCUT2D eigenvalue weighted by atomic mass is 9.81. The number of nitrogens with two attached hydrogens (primary N) is 1. The highest BCUT2D eigenvalue weighted by molar-refractivity contribution is 6.40. The van der Waals surface area contributed by atoms with E-state index < -0.39 is 18.6 Å². The summed E-state index contributed by atoms with van der Waals surface area (Å²) in [5.74, 6) is -0.965. The predicted octanol–water partition coefficient (Wildman–Crippen LogP) is -0.903. The molecule has 7 nitrogen and oxygen atoms in total. The van der Waals surface area contributed by atoms with E-state index in [9.17, 15) is 9.90 Å². The van der Waals surface area contributed by atoms with Crippen LogP contribution < -0.4 is 11.1 Å². The number of rotatable bonds is 10. The van der Waals surface area contributed by atoms with Crippen molar-refractivity contribution >= 4 is 13.1 Å². The molecule has 1 heterocycles. The third kappa shape index (κ3) is 7.24. The lowest BCUT2D eigenvalue weighted by Crippen LogP contribution is -2.49. The van der Waals surface area contributed by atoms with E-state index in [1.54, 1.807) is 0 Å². The zero-order valence-electron chi connectivity index (χ0n) is 12.6. The molecule has 0 aromatic rings. The molecule has 1 unspecified atom stereocenters. The van der Waals surface area contributed by atoms with Crippen LogP contribution in [0.2, 0.25) is 6.32 Å². The molecule has 0 aromatic heterocycles. The van der Waals surface area contributed by atoms with Gasteiger partial charge >= 0.3 is 13.1 Å². The molecule has 1 aliphatic heterocycles. The first-order chi connectivity index (χ1) is 9.94. The van der Waals surface area contributed by atoms with Crippen LogP contribution in [0.15, 0.2) is 0 Å². The molecular weight excluding hydrogens is 273 g/mol. The topological polar surface area (TPSA) is 119 Å². The first-order valence-corrected chi connectivity index (χ1v) is 7.75. The Hall–Kier alpha value is -0.665. The van der Waals surface area contributed by atoms with E-state index in [1.807, 2.05) is 0 Å². The smallest absolute Gasteiger partial charge is 0.451 e. The molecule has 0 radical (unpaired) electrons. The maximum absolute atomic E-state index is 11.4. The summed E-state index contributed by atoms with van der Waals surface area (Å²) in [5.41, 5.74) is 4.82. The second-order valence-electron chi connectivity index (χ2n) is 5.88. The summed E-state index contributed by atoms with van der Waals surface area (Å²) >= 11 is 0. The maximum atomic E-state index is 11.4. The fourth-order valence-electron chi connectivity index (χ4n) is 2.66. The SMILES string of the molecule is NC(CCCCB(O)O)(CCCN1CCNCC1)C(=O)O. The zero-order valence-corrected chi connectivity index (χ0v) is 12.6. The van der Waals surface area contributed by atoms with Crippen molar-refractivity contribution in [2.75, 3.05) is 32.7 Å². The van der Waals surface area contributed by atoms with E-state index in [0.29, 0.717) is 25.7 Å². The van der Waals surface area contributed by atoms with Gasteiger partial charge in [-0.3, -0.25) is 4.79 Å². The van der Waals surface area contributed by atoms with Crippen LogP contribution in [0.1, 0.15) is 32.1 Å². The number of unbranched alkanes of at least 4 members (excludes halogenated alkanes) is 1. The van der Waals surface area contributed by atoms with E-state index >= 15 is 0 Å². The van der Waals surface area contributed by atoms with E-state index in [1.165, 1.54) is 0 Å². The fourth-order valence-corrected chi connectivity index (χ4v) is 2.66. The van der Waals surface area contributed by atoms with Gasteiger partial charge < -0.3 is 31.1 Å². The van der Waals surface area contributed by atoms with E-state index in [4.69, 9.17) is 15.8 Å². The molecule has 0 saturated carbocycles. The van der Waals surface area contributed by atoms with Crippen molar-refractivity contribution in [1.29, 1.82) is 0 Å². The summed E-state index contributed by atoms with van der Waals surface area (Å²) in [6.07, 6.45) is 3.02. The van der Waals surface area contributed by atoms with Crippen LogP contribution in [0.25, 0.3) is 0 Å². The molecule has 1 rings (SSSR count). The zero-order chi connectivity index (χ0) is 15.7. The van der Waals surface area contributed by atoms with Crippen LogP contribution in [0.4, 0.5) is 0 Å². The van der Waals surface area contributed by atoms with Crippen molar-refractivity contribution in [3.63, 3.8) is 0 Å². The van der Waals surface area contributed by atoms with E-state index in [-0.39, 0.29) is 6.32 Å². The third-order valence-corrected chi connectivity index (χ3v) is 4.07. The standard InChI is InChI=1S/C13H28BN3O4/c15-13(12(18)19,4-1-2-6-14(20)21)5-3-9-17-10-7-16-8-11-17/h16,20-21H,1-11,15H2,(H,18,19). The van der Waals surface area contributed by atoms with Crippen LogP contribution in [0, 0.1) is 0 Å². The molecule has 0 aliphatic carbocycles. The van der Waals surface area contributed by atoms with Crippen molar-refractivity contribution in [2.24, 2.45) is 5.73 Å². The Bertz CT molecular complexity index is 314. The van der Waals surface area contributed by atoms with Gasteiger partial charge in [0.1, 0.15) is 5.54 Å². The first kappa shape index (κ1) is 18.4. The Balaban J connectivity index is 2.28. The number of nitrogens with one attached hydrogen (secondary N) is 1. The number of hydrogen-bond acceptors (Lipinski definition) is 6. The molecule has 0 bridgehead atoms. The van der Waals surface area contributed by atoms with Gasteiger partial charge in [-0.1, -0.05) is 12.8 Å². The van der Waals surface area contributed by atoms with Gasteiger partial charge in [-0.25, -0.2) is 0 Å². The molecular formula is C13H28BN3O4. The van der Waals surface area contributed by atoms with Gasteiger partial charge in [0.05, 0.1) is 0 Å². The summed E-state index contributed by atoms with van der Waals surface area (Å²) in [4.78, 5) is 13.7. The summed E-state index contributed by atoms with van der Waals surface area (Å²) in [7, 11) is -1.32. The molecule has 6 N–H and O–H groups in total. The highest BCUT2D eigenvalue weighted by Crippen LogP contribution is 2.19. The highest BCUT2D eigenvalue weighted by Gasteiger charge is 2.33. The number of piperazine rings is 1. The molecule has 1 aliphatic rings. The normalized spacial score (nSPS) is 19.2. The molecule has 0 amide bonds. The van der Waals surface area contributed by atoms with Gasteiger partial charge in [-0.05, 0) is 32.1 Å². The van der Waals surface area contributed by atoms with Gasteiger partial charge in [-0.2, -0.15) is 0 Å². The lowest BCUT2D eigenvalue weighted by Gasteiger charge is -2.29. The number of carbonyl (C=O) groups is 1. The second kappa shape index (κ2) is 9.37. The van der Waals surface area contributed by atoms with Crippen molar-refractivity contribution in [3.8, 4) is 0 Å². The maximum Gasteiger partial charge on any atom is 0.451 e. The molecule has 21 heavy (non-hydrogen) atoms. The Morgan fingerprint density at radius 3 is 2.38 bits per heavy atom. The van der Waals surface area contributed by atoms with Gasteiger partial charge in [-0.15, -0.1) is 0 Å². The largest absolute Gasteiger partial charge is 0.480 e. The van der Waals surface area contributed by atoms with E-state index in [2.05, 4.69) is 10.2 Å². The highest BCUT2D eigenvalue weighted by atomic mass is 16.4. The summed E-state index contributed by atoms with van der Waals surface area (Å²) in [5, 5.41) is 30.2. The van der Waals surface area contributed by atoms with Crippen LogP contribution in [0.5, 0.6) is 0 Å². The minimum atomic E-state index is -1.32. The van der Waals surface area contributed by atoms with Crippen LogP contribution in [-0.2, 0) is 4.79 Å². The quantitative estimate of drug-likeness (QED) is 0.262. The van der Waals surface area contributed by atoms with Crippen LogP contribution in [0.3, 0.4) is 0 Å². The number of aliphatic carboxylic acids is 1. The van der Waals surface area contributed by atoms with Crippen LogP contribution in [-0.4, -0.2) is 71.4 Å². The van der Waals surface area contributed by atoms with E-state index in [0.717, 1.165) is 39.1 Å². The Morgan fingerprint density at radius 1 is 1.19 bits per heavy atom. The molecule has 0 spiro atoms. The van der Waals surface area contributed by atoms with Crippen molar-refractivity contribution in [3.05, 3.63) is 0 Å². The molecule has 0 aromatic carbocycles. The number of nitrogens with zero attached hydrogens (tertiary/aromatic N) is 1. The Morgan fingerprint density at radius 2 is 1.81 bits per heavy atom. The number of hydrogen-bond donors (Lipinski definition) is 5. The third-order valence-electron chi connectivity index (χ3n) is 4.07. The summed E-state index contributed by atoms with van der Waals surface area (Å²) < 4.78 is 0. The van der Waals surface area contributed by atoms with Gasteiger partial charge in [0.15, 0.2) is 0 Å². The van der Waals surface area contributed by atoms with Crippen LogP contribution >= 0.6 is 0 Å². The van der Waals surface area contributed by atoms with Crippen molar-refractivity contribution in [1.82, 2.24) is 10.2 Å². The predicted molar refractivity (Wildman–Crippen MR) is 81.9 cm³/mol. The number of carboxylic acids is 1. The van der Waals surface area contributed by atoms with Gasteiger partial charge in [0.2, 0.25) is 0 Å². The fraction of sp³-hybridized carbons (Fsp3) is 0.923. The minimum Gasteiger partial charge on any atom is -0.480 e. The monoisotopic (exact) mass is 301 g/mol. The summed E-state index contributed by atoms with van der Waals surface area (Å²) in [6, 6.07) is 0. The molecule has 8 heteroatoms. The minimum absolute atomic E-state index is 0.260. The number of carboxylic acid groups (broad SMARTS) is 1. The molecule has 122 valence electrons. The van der Waals surface area contributed by atoms with Gasteiger partial charge in [0.25, 0.3) is 0 Å². The Kier molecular flexibility index (Phi) is 8.20. The lowest BCUT2D eigenvalue weighted by molar-refractivity contribution is -0.144. The second-order valence-corrected chi connectivity index (χ2v) is 5.88. The van der Waals surface area contributed by atoms with Crippen molar-refractivity contribution < 1.29 is 19.9 Å². The summed E-state index contributed by atoms with van der Waals surface area (Å²) in [6.45, 7) is 4.84. The van der Waals surface area contributed by atoms with Gasteiger partial charge in [0, 0.05) is 26.2 Å². The molecule has 1 atom stereocenters. The molecule has 1 fully saturated rings. The van der Waals surface area contributed by atoms with Crippen molar-refractivity contribution in [2.45, 2.75) is 44.0 Å². The molecule has 1 saturated heterocycles. The first-order valence-electron chi connectivity index (χ1n) is 7.75. The Labute approximate surface area is 126 Å². The average molecular weight is 301 g/mol.